The summed E-state index contributed by atoms with van der Waals surface area (Å²) in [4.78, 5) is 22.2. The molecule has 21 heavy (non-hydrogen) atoms. The summed E-state index contributed by atoms with van der Waals surface area (Å²) in [5, 5.41) is 17.3. The molecule has 7 nitrogen and oxygen atoms in total. The molecular formula is C13H13FN4O3. The smallest absolute Gasteiger partial charge is 0.320 e. The third-order valence-corrected chi connectivity index (χ3v) is 2.84. The van der Waals surface area contributed by atoms with Crippen LogP contribution in [-0.2, 0) is 13.1 Å². The van der Waals surface area contributed by atoms with E-state index >= 15 is 0 Å². The fraction of sp³-hybridized carbons (Fsp3) is 0.231. The lowest BCUT2D eigenvalue weighted by molar-refractivity contribution is -0.385. The Morgan fingerprint density at radius 2 is 2.10 bits per heavy atom. The van der Waals surface area contributed by atoms with Crippen LogP contribution in [0.25, 0.3) is 0 Å². The SMILES string of the molecule is CCn1cc([N+](=O)[O-])c(C(=O)NCc2ccc(F)cc2)n1. The highest BCUT2D eigenvalue weighted by Crippen LogP contribution is 2.16. The van der Waals surface area contributed by atoms with E-state index < -0.39 is 10.8 Å². The molecule has 0 fully saturated rings. The minimum absolute atomic E-state index is 0.134. The molecule has 0 aliphatic carbocycles. The van der Waals surface area contributed by atoms with Crippen molar-refractivity contribution in [1.29, 1.82) is 0 Å². The van der Waals surface area contributed by atoms with Gasteiger partial charge in [0, 0.05) is 13.1 Å². The molecule has 0 spiro atoms. The lowest BCUT2D eigenvalue weighted by atomic mass is 10.2. The van der Waals surface area contributed by atoms with Crippen LogP contribution in [0.5, 0.6) is 0 Å². The summed E-state index contributed by atoms with van der Waals surface area (Å²) in [6.45, 7) is 2.32. The van der Waals surface area contributed by atoms with E-state index in [0.29, 0.717) is 12.1 Å². The van der Waals surface area contributed by atoms with Crippen molar-refractivity contribution >= 4 is 11.6 Å². The lowest BCUT2D eigenvalue weighted by Crippen LogP contribution is -2.24. The molecule has 2 rings (SSSR count). The zero-order valence-electron chi connectivity index (χ0n) is 11.2. The van der Waals surface area contributed by atoms with E-state index in [-0.39, 0.29) is 23.7 Å². The minimum Gasteiger partial charge on any atom is -0.346 e. The van der Waals surface area contributed by atoms with Crippen molar-refractivity contribution in [3.05, 3.63) is 57.7 Å². The van der Waals surface area contributed by atoms with Crippen LogP contribution in [0.4, 0.5) is 10.1 Å². The Bertz CT molecular complexity index is 667. The third kappa shape index (κ3) is 3.41. The summed E-state index contributed by atoms with van der Waals surface area (Å²) >= 11 is 0. The maximum absolute atomic E-state index is 12.8. The number of hydrogen-bond donors (Lipinski definition) is 1. The highest BCUT2D eigenvalue weighted by molar-refractivity contribution is 5.95. The maximum Gasteiger partial charge on any atom is 0.320 e. The maximum atomic E-state index is 12.8. The number of amides is 1. The first kappa shape index (κ1) is 14.6. The van der Waals surface area contributed by atoms with Crippen molar-refractivity contribution in [2.75, 3.05) is 0 Å². The molecule has 1 aromatic heterocycles. The third-order valence-electron chi connectivity index (χ3n) is 2.84. The second kappa shape index (κ2) is 6.12. The van der Waals surface area contributed by atoms with Gasteiger partial charge in [0.05, 0.1) is 4.92 Å². The number of nitrogens with one attached hydrogen (secondary N) is 1. The molecule has 0 aliphatic heterocycles. The van der Waals surface area contributed by atoms with E-state index in [1.54, 1.807) is 6.92 Å². The summed E-state index contributed by atoms with van der Waals surface area (Å²) < 4.78 is 14.1. The van der Waals surface area contributed by atoms with Gasteiger partial charge in [-0.05, 0) is 24.6 Å². The zero-order chi connectivity index (χ0) is 15.4. The number of hydrogen-bond acceptors (Lipinski definition) is 4. The fourth-order valence-corrected chi connectivity index (χ4v) is 1.74. The molecule has 110 valence electrons. The molecule has 1 aromatic carbocycles. The standard InChI is InChI=1S/C13H13FN4O3/c1-2-17-8-11(18(20)21)12(16-17)13(19)15-7-9-3-5-10(14)6-4-9/h3-6,8H,2,7H2,1H3,(H,15,19). The lowest BCUT2D eigenvalue weighted by Gasteiger charge is -2.03. The molecule has 8 heteroatoms. The number of nitrogens with zero attached hydrogens (tertiary/aromatic N) is 3. The normalized spacial score (nSPS) is 10.4. The van der Waals surface area contributed by atoms with Gasteiger partial charge in [-0.2, -0.15) is 5.10 Å². The van der Waals surface area contributed by atoms with Crippen molar-refractivity contribution in [3.8, 4) is 0 Å². The highest BCUT2D eigenvalue weighted by Gasteiger charge is 2.25. The van der Waals surface area contributed by atoms with Crippen molar-refractivity contribution in [2.24, 2.45) is 0 Å². The Kier molecular flexibility index (Phi) is 4.27. The molecular weight excluding hydrogens is 279 g/mol. The largest absolute Gasteiger partial charge is 0.346 e. The van der Waals surface area contributed by atoms with E-state index in [4.69, 9.17) is 0 Å². The van der Waals surface area contributed by atoms with Gasteiger partial charge in [0.25, 0.3) is 5.91 Å². The van der Waals surface area contributed by atoms with Gasteiger partial charge in [0.1, 0.15) is 12.0 Å². The van der Waals surface area contributed by atoms with Gasteiger partial charge in [0.2, 0.25) is 5.69 Å². The Morgan fingerprint density at radius 3 is 2.67 bits per heavy atom. The Morgan fingerprint density at radius 1 is 1.43 bits per heavy atom. The van der Waals surface area contributed by atoms with E-state index in [1.165, 1.54) is 35.1 Å². The Hall–Kier alpha value is -2.77. The van der Waals surface area contributed by atoms with Crippen LogP contribution in [0.3, 0.4) is 0 Å². The highest BCUT2D eigenvalue weighted by atomic mass is 19.1. The van der Waals surface area contributed by atoms with E-state index in [2.05, 4.69) is 10.4 Å². The van der Waals surface area contributed by atoms with Gasteiger partial charge < -0.3 is 5.32 Å². The number of rotatable bonds is 5. The second-order valence-corrected chi connectivity index (χ2v) is 4.28. The van der Waals surface area contributed by atoms with Crippen molar-refractivity contribution < 1.29 is 14.1 Å². The fourth-order valence-electron chi connectivity index (χ4n) is 1.74. The zero-order valence-corrected chi connectivity index (χ0v) is 11.2. The number of carbonyl (C=O) groups excluding carboxylic acids is 1. The van der Waals surface area contributed by atoms with Crippen LogP contribution in [-0.4, -0.2) is 20.6 Å². The molecule has 0 atom stereocenters. The van der Waals surface area contributed by atoms with E-state index in [1.807, 2.05) is 0 Å². The minimum atomic E-state index is -0.647. The summed E-state index contributed by atoms with van der Waals surface area (Å²) in [5.74, 6) is -1.01. The number of aryl methyl sites for hydroxylation is 1. The first-order valence-corrected chi connectivity index (χ1v) is 6.25. The van der Waals surface area contributed by atoms with Gasteiger partial charge in [-0.1, -0.05) is 12.1 Å². The molecule has 1 heterocycles. The number of nitro groups is 1. The summed E-state index contributed by atoms with van der Waals surface area (Å²) in [6, 6.07) is 5.59. The van der Waals surface area contributed by atoms with E-state index in [0.717, 1.165) is 0 Å². The summed E-state index contributed by atoms with van der Waals surface area (Å²) in [7, 11) is 0. The molecule has 0 radical (unpaired) electrons. The average Bonchev–Trinajstić information content (AvgIpc) is 2.91. The van der Waals surface area contributed by atoms with E-state index in [9.17, 15) is 19.3 Å². The topological polar surface area (TPSA) is 90.1 Å². The monoisotopic (exact) mass is 292 g/mol. The molecule has 1 amide bonds. The van der Waals surface area contributed by atoms with Crippen LogP contribution in [0.15, 0.2) is 30.5 Å². The predicted molar refractivity (Wildman–Crippen MR) is 72.1 cm³/mol. The summed E-state index contributed by atoms with van der Waals surface area (Å²) in [5.41, 5.74) is 0.111. The van der Waals surface area contributed by atoms with Gasteiger partial charge in [0.15, 0.2) is 0 Å². The van der Waals surface area contributed by atoms with Gasteiger partial charge >= 0.3 is 5.69 Å². The van der Waals surface area contributed by atoms with Gasteiger partial charge in [-0.25, -0.2) is 4.39 Å². The number of aromatic nitrogens is 2. The second-order valence-electron chi connectivity index (χ2n) is 4.28. The number of benzene rings is 1. The molecule has 0 bridgehead atoms. The van der Waals surface area contributed by atoms with Crippen LogP contribution in [0.2, 0.25) is 0 Å². The van der Waals surface area contributed by atoms with Gasteiger partial charge in [-0.15, -0.1) is 0 Å². The van der Waals surface area contributed by atoms with Crippen molar-refractivity contribution in [1.82, 2.24) is 15.1 Å². The van der Waals surface area contributed by atoms with Crippen LogP contribution in [0.1, 0.15) is 23.0 Å². The molecule has 0 unspecified atom stereocenters. The molecule has 1 N–H and O–H groups in total. The molecule has 2 aromatic rings. The average molecular weight is 292 g/mol. The van der Waals surface area contributed by atoms with Crippen LogP contribution >= 0.6 is 0 Å². The Balaban J connectivity index is 2.11. The number of halogens is 1. The first-order chi connectivity index (χ1) is 10.0. The molecule has 0 aliphatic rings. The Labute approximate surface area is 119 Å². The quantitative estimate of drug-likeness (QED) is 0.673. The van der Waals surface area contributed by atoms with Gasteiger partial charge in [-0.3, -0.25) is 19.6 Å². The first-order valence-electron chi connectivity index (χ1n) is 6.25. The molecule has 0 saturated heterocycles. The number of carbonyl (C=O) groups is 1. The summed E-state index contributed by atoms with van der Waals surface area (Å²) in [6.07, 6.45) is 1.22. The van der Waals surface area contributed by atoms with Crippen LogP contribution < -0.4 is 5.32 Å². The molecule has 0 saturated carbocycles. The predicted octanol–water partition coefficient (Wildman–Crippen LogP) is 1.88. The van der Waals surface area contributed by atoms with Crippen molar-refractivity contribution in [2.45, 2.75) is 20.0 Å². The van der Waals surface area contributed by atoms with Crippen LogP contribution in [0, 0.1) is 15.9 Å². The van der Waals surface area contributed by atoms with Crippen molar-refractivity contribution in [3.63, 3.8) is 0 Å².